The van der Waals surface area contributed by atoms with Gasteiger partial charge in [-0.05, 0) is 38.2 Å². The van der Waals surface area contributed by atoms with Crippen LogP contribution in [0.5, 0.6) is 5.75 Å². The van der Waals surface area contributed by atoms with Crippen LogP contribution in [0.3, 0.4) is 0 Å². The van der Waals surface area contributed by atoms with Gasteiger partial charge in [0.25, 0.3) is 0 Å². The molecule has 2 aliphatic rings. The Bertz CT molecular complexity index is 954. The van der Waals surface area contributed by atoms with Crippen molar-refractivity contribution in [3.05, 3.63) is 65.1 Å². The third-order valence-corrected chi connectivity index (χ3v) is 5.27. The lowest BCUT2D eigenvalue weighted by molar-refractivity contribution is -0.139. The van der Waals surface area contributed by atoms with E-state index in [4.69, 9.17) is 4.74 Å². The number of aliphatic hydroxyl groups excluding tert-OH is 1. The number of aliphatic hydroxyl groups is 1. The summed E-state index contributed by atoms with van der Waals surface area (Å²) in [6, 6.07) is 6.72. The molecule has 2 heterocycles. The van der Waals surface area contributed by atoms with Crippen LogP contribution >= 0.6 is 0 Å². The van der Waals surface area contributed by atoms with Crippen molar-refractivity contribution in [2.24, 2.45) is 0 Å². The number of hydrogen-bond acceptors (Lipinski definition) is 8. The fourth-order valence-electron chi connectivity index (χ4n) is 3.93. The number of ether oxygens (including phenoxy) is 1. The van der Waals surface area contributed by atoms with Gasteiger partial charge in [0.05, 0.1) is 25.8 Å². The number of hydrazine groups is 1. The Labute approximate surface area is 192 Å². The van der Waals surface area contributed by atoms with E-state index in [1.807, 2.05) is 50.5 Å². The fourth-order valence-corrected chi connectivity index (χ4v) is 3.93. The van der Waals surface area contributed by atoms with Gasteiger partial charge in [-0.1, -0.05) is 24.3 Å². The summed E-state index contributed by atoms with van der Waals surface area (Å²) in [5.41, 5.74) is 1.14. The summed E-state index contributed by atoms with van der Waals surface area (Å²) in [6.07, 6.45) is 5.36. The number of rotatable bonds is 11. The molecule has 2 aliphatic heterocycles. The van der Waals surface area contributed by atoms with Crippen LogP contribution in [0.1, 0.15) is 18.0 Å². The number of carbonyl (C=O) groups is 2. The van der Waals surface area contributed by atoms with E-state index in [2.05, 4.69) is 10.2 Å². The van der Waals surface area contributed by atoms with Gasteiger partial charge in [-0.15, -0.1) is 0 Å². The van der Waals surface area contributed by atoms with E-state index in [1.54, 1.807) is 5.01 Å². The van der Waals surface area contributed by atoms with Gasteiger partial charge in [-0.3, -0.25) is 10.0 Å². The Morgan fingerprint density at radius 3 is 2.58 bits per heavy atom. The average Bonchev–Trinajstić information content (AvgIpc) is 3.09. The van der Waals surface area contributed by atoms with Gasteiger partial charge < -0.3 is 30.3 Å². The lowest BCUT2D eigenvalue weighted by atomic mass is 9.97. The van der Waals surface area contributed by atoms with Crippen LogP contribution in [0, 0.1) is 0 Å². The van der Waals surface area contributed by atoms with Gasteiger partial charge in [-0.25, -0.2) is 9.59 Å². The molecule has 0 saturated carbocycles. The highest BCUT2D eigenvalue weighted by atomic mass is 16.5. The first-order valence-electron chi connectivity index (χ1n) is 10.7. The smallest absolute Gasteiger partial charge is 0.354 e. The summed E-state index contributed by atoms with van der Waals surface area (Å²) in [5, 5.41) is 35.0. The average molecular weight is 459 g/mol. The molecule has 0 saturated heterocycles. The van der Waals surface area contributed by atoms with E-state index in [0.29, 0.717) is 30.8 Å². The predicted octanol–water partition coefficient (Wildman–Crippen LogP) is 1.01. The highest BCUT2D eigenvalue weighted by Crippen LogP contribution is 2.43. The van der Waals surface area contributed by atoms with Crippen molar-refractivity contribution in [3.8, 4) is 5.75 Å². The van der Waals surface area contributed by atoms with Crippen molar-refractivity contribution < 1.29 is 29.6 Å². The molecule has 33 heavy (non-hydrogen) atoms. The standard InChI is InChI=1S/C23H30N4O6/c1-25(2)11-4-14-33-17-8-6-16(7-9-17)21-18-5-3-10-24-22(18)26(12-13-28)27(21)19(23(31)32)15-20(29)30/h3,5-9,15,21,24,28H,4,10-14H2,1-2H3,(H,29,30)(H,31,32)/b19-15+. The minimum atomic E-state index is -1.38. The minimum Gasteiger partial charge on any atom is -0.494 e. The van der Waals surface area contributed by atoms with Crippen molar-refractivity contribution in [1.82, 2.24) is 20.2 Å². The quantitative estimate of drug-likeness (QED) is 0.282. The molecule has 3 rings (SSSR count). The highest BCUT2D eigenvalue weighted by molar-refractivity contribution is 5.94. The minimum absolute atomic E-state index is 0.0908. The fraction of sp³-hybridized carbons (Fsp3) is 0.391. The number of carboxylic acids is 2. The first-order chi connectivity index (χ1) is 15.8. The normalized spacial score (nSPS) is 17.9. The topological polar surface area (TPSA) is 126 Å². The maximum atomic E-state index is 12.1. The van der Waals surface area contributed by atoms with E-state index < -0.39 is 23.7 Å². The van der Waals surface area contributed by atoms with Crippen LogP contribution in [0.2, 0.25) is 0 Å². The van der Waals surface area contributed by atoms with Crippen LogP contribution in [0.25, 0.3) is 0 Å². The van der Waals surface area contributed by atoms with E-state index in [-0.39, 0.29) is 13.2 Å². The molecule has 0 bridgehead atoms. The number of hydrogen-bond donors (Lipinski definition) is 4. The van der Waals surface area contributed by atoms with Crippen molar-refractivity contribution in [2.45, 2.75) is 12.5 Å². The zero-order valence-corrected chi connectivity index (χ0v) is 18.8. The molecule has 0 radical (unpaired) electrons. The molecule has 4 N–H and O–H groups in total. The molecule has 1 atom stereocenters. The summed E-state index contributed by atoms with van der Waals surface area (Å²) in [5.74, 6) is -1.42. The highest BCUT2D eigenvalue weighted by Gasteiger charge is 2.42. The summed E-state index contributed by atoms with van der Waals surface area (Å²) < 4.78 is 5.80. The van der Waals surface area contributed by atoms with E-state index in [0.717, 1.165) is 24.1 Å². The van der Waals surface area contributed by atoms with E-state index in [9.17, 15) is 24.9 Å². The van der Waals surface area contributed by atoms with Crippen molar-refractivity contribution in [3.63, 3.8) is 0 Å². The van der Waals surface area contributed by atoms with Gasteiger partial charge in [-0.2, -0.15) is 0 Å². The molecule has 0 aliphatic carbocycles. The largest absolute Gasteiger partial charge is 0.494 e. The Balaban J connectivity index is 1.95. The first-order valence-corrected chi connectivity index (χ1v) is 10.7. The third kappa shape index (κ3) is 5.65. The number of carboxylic acid groups (broad SMARTS) is 2. The molecule has 10 heteroatoms. The van der Waals surface area contributed by atoms with Gasteiger partial charge in [0, 0.05) is 18.7 Å². The molecule has 0 amide bonds. The predicted molar refractivity (Wildman–Crippen MR) is 121 cm³/mol. The molecule has 0 spiro atoms. The SMILES string of the molecule is CN(C)CCCOc1ccc(C2C3=C(NCC=C3)N(CCO)N2/C(=C/C(=O)O)C(=O)O)cc1. The Hall–Kier alpha value is -3.50. The van der Waals surface area contributed by atoms with Crippen molar-refractivity contribution >= 4 is 11.9 Å². The number of nitrogens with one attached hydrogen (secondary N) is 1. The van der Waals surface area contributed by atoms with Gasteiger partial charge in [0.1, 0.15) is 17.6 Å². The van der Waals surface area contributed by atoms with Gasteiger partial charge in [0.15, 0.2) is 5.70 Å². The third-order valence-electron chi connectivity index (χ3n) is 5.27. The maximum absolute atomic E-state index is 12.1. The van der Waals surface area contributed by atoms with Crippen LogP contribution in [-0.2, 0) is 9.59 Å². The number of nitrogens with zero attached hydrogens (tertiary/aromatic N) is 3. The van der Waals surface area contributed by atoms with Gasteiger partial charge in [0.2, 0.25) is 0 Å². The Kier molecular flexibility index (Phi) is 7.96. The number of benzene rings is 1. The van der Waals surface area contributed by atoms with Crippen LogP contribution in [-0.4, -0.2) is 89.1 Å². The molecule has 0 fully saturated rings. The molecule has 1 aromatic carbocycles. The first kappa shape index (κ1) is 24.1. The lowest BCUT2D eigenvalue weighted by Gasteiger charge is -2.37. The number of β-amino-alcohol motifs (C(OH)–C–C–N with tert-alkyl or cyclic N) is 1. The molecule has 0 aromatic heterocycles. The van der Waals surface area contributed by atoms with Gasteiger partial charge >= 0.3 is 11.9 Å². The molecular weight excluding hydrogens is 428 g/mol. The van der Waals surface area contributed by atoms with Crippen molar-refractivity contribution in [1.29, 1.82) is 0 Å². The summed E-state index contributed by atoms with van der Waals surface area (Å²) in [4.78, 5) is 25.6. The van der Waals surface area contributed by atoms with E-state index >= 15 is 0 Å². The molecular formula is C23H30N4O6. The molecule has 10 nitrogen and oxygen atoms in total. The van der Waals surface area contributed by atoms with Crippen LogP contribution in [0.4, 0.5) is 0 Å². The number of dihydropyridines is 1. The van der Waals surface area contributed by atoms with Crippen LogP contribution in [0.15, 0.2) is 59.6 Å². The zero-order valence-electron chi connectivity index (χ0n) is 18.8. The Morgan fingerprint density at radius 1 is 1.24 bits per heavy atom. The zero-order chi connectivity index (χ0) is 24.0. The summed E-state index contributed by atoms with van der Waals surface area (Å²) >= 11 is 0. The summed E-state index contributed by atoms with van der Waals surface area (Å²) in [7, 11) is 4.01. The summed E-state index contributed by atoms with van der Waals surface area (Å²) in [6.45, 7) is 1.87. The molecule has 1 aromatic rings. The molecule has 1 unspecified atom stereocenters. The molecule has 178 valence electrons. The van der Waals surface area contributed by atoms with Crippen molar-refractivity contribution in [2.75, 3.05) is 46.9 Å². The Morgan fingerprint density at radius 2 is 1.97 bits per heavy atom. The second-order valence-electron chi connectivity index (χ2n) is 7.93. The number of aliphatic carboxylic acids is 2. The monoisotopic (exact) mass is 458 g/mol. The lowest BCUT2D eigenvalue weighted by Crippen LogP contribution is -2.44. The van der Waals surface area contributed by atoms with Crippen LogP contribution < -0.4 is 10.1 Å². The second kappa shape index (κ2) is 10.9. The maximum Gasteiger partial charge on any atom is 0.354 e. The van der Waals surface area contributed by atoms with E-state index in [1.165, 1.54) is 5.01 Å². The second-order valence-corrected chi connectivity index (χ2v) is 7.93.